The van der Waals surface area contributed by atoms with E-state index in [4.69, 9.17) is 4.74 Å². The lowest BCUT2D eigenvalue weighted by atomic mass is 10.1. The lowest BCUT2D eigenvalue weighted by Crippen LogP contribution is -2.48. The van der Waals surface area contributed by atoms with Crippen LogP contribution in [0.1, 0.15) is 40.3 Å². The molecule has 1 aliphatic rings. The van der Waals surface area contributed by atoms with Gasteiger partial charge in [-0.2, -0.15) is 0 Å². The Bertz CT molecular complexity index is 1120. The number of benzene rings is 2. The fraction of sp³-hybridized carbons (Fsp3) is 0.333. The molecule has 2 heterocycles. The molecule has 1 aromatic heterocycles. The Morgan fingerprint density at radius 1 is 0.971 bits per heavy atom. The predicted octanol–water partition coefficient (Wildman–Crippen LogP) is 4.92. The highest BCUT2D eigenvalue weighted by atomic mass is 32.1. The summed E-state index contributed by atoms with van der Waals surface area (Å²) in [6.45, 7) is 8.19. The van der Waals surface area contributed by atoms with Gasteiger partial charge in [-0.25, -0.2) is 0 Å². The zero-order chi connectivity index (χ0) is 23.9. The average Bonchev–Trinajstić information content (AvgIpc) is 3.38. The molecular formula is C27H31N3O3S. The lowest BCUT2D eigenvalue weighted by molar-refractivity contribution is 0.0751. The minimum Gasteiger partial charge on any atom is -0.494 e. The van der Waals surface area contributed by atoms with Gasteiger partial charge in [0.2, 0.25) is 0 Å². The monoisotopic (exact) mass is 477 g/mol. The average molecular weight is 478 g/mol. The first kappa shape index (κ1) is 23.8. The highest BCUT2D eigenvalue weighted by molar-refractivity contribution is 7.12. The molecule has 0 bridgehead atoms. The first-order chi connectivity index (χ1) is 16.6. The molecule has 1 N–H and O–H groups in total. The van der Waals surface area contributed by atoms with Gasteiger partial charge in [-0.05, 0) is 72.3 Å². The van der Waals surface area contributed by atoms with Gasteiger partial charge in [0.1, 0.15) is 5.75 Å². The number of nitrogens with one attached hydrogen (secondary N) is 1. The Balaban J connectivity index is 1.34. The van der Waals surface area contributed by atoms with Crippen LogP contribution in [0, 0.1) is 0 Å². The zero-order valence-electron chi connectivity index (χ0n) is 19.8. The van der Waals surface area contributed by atoms with Gasteiger partial charge in [0.25, 0.3) is 11.8 Å². The molecule has 2 aromatic carbocycles. The first-order valence-electron chi connectivity index (χ1n) is 11.8. The Morgan fingerprint density at radius 2 is 1.74 bits per heavy atom. The van der Waals surface area contributed by atoms with E-state index >= 15 is 0 Å². The van der Waals surface area contributed by atoms with Crippen LogP contribution in [0.15, 0.2) is 60.0 Å². The topological polar surface area (TPSA) is 61.9 Å². The number of anilines is 1. The second-order valence-corrected chi connectivity index (χ2v) is 9.15. The summed E-state index contributed by atoms with van der Waals surface area (Å²) < 4.78 is 5.60. The van der Waals surface area contributed by atoms with Gasteiger partial charge in [-0.1, -0.05) is 19.1 Å². The standard InChI is InChI=1S/C27H31N3O3S/c1-3-12-28-26(31)20-8-10-23(11-9-20)29-13-15-30(16-14-29)27(32)25-18-22(19-34-25)21-6-5-7-24(17-21)33-4-2/h5-11,17-19H,3-4,12-16H2,1-2H3,(H,28,31). The second-order valence-electron chi connectivity index (χ2n) is 8.24. The van der Waals surface area contributed by atoms with Crippen LogP contribution < -0.4 is 15.0 Å². The molecule has 4 rings (SSSR count). The summed E-state index contributed by atoms with van der Waals surface area (Å²) in [4.78, 5) is 30.2. The number of rotatable bonds is 8. The van der Waals surface area contributed by atoms with Crippen molar-refractivity contribution in [3.63, 3.8) is 0 Å². The van der Waals surface area contributed by atoms with Crippen LogP contribution in [0.25, 0.3) is 11.1 Å². The molecule has 0 saturated carbocycles. The van der Waals surface area contributed by atoms with Crippen molar-refractivity contribution >= 4 is 28.8 Å². The van der Waals surface area contributed by atoms with Crippen LogP contribution in [0.5, 0.6) is 5.75 Å². The van der Waals surface area contributed by atoms with Crippen molar-refractivity contribution in [1.82, 2.24) is 10.2 Å². The highest BCUT2D eigenvalue weighted by Gasteiger charge is 2.23. The highest BCUT2D eigenvalue weighted by Crippen LogP contribution is 2.29. The third-order valence-electron chi connectivity index (χ3n) is 5.89. The third-order valence-corrected chi connectivity index (χ3v) is 6.80. The molecule has 7 heteroatoms. The van der Waals surface area contributed by atoms with Crippen molar-refractivity contribution < 1.29 is 14.3 Å². The van der Waals surface area contributed by atoms with Gasteiger partial charge >= 0.3 is 0 Å². The number of ether oxygens (including phenoxy) is 1. The molecule has 0 spiro atoms. The minimum atomic E-state index is -0.0382. The third kappa shape index (κ3) is 5.59. The summed E-state index contributed by atoms with van der Waals surface area (Å²) in [5, 5.41) is 4.93. The molecule has 1 saturated heterocycles. The molecule has 1 fully saturated rings. The van der Waals surface area contributed by atoms with Crippen molar-refractivity contribution in [3.05, 3.63) is 70.4 Å². The Morgan fingerprint density at radius 3 is 2.44 bits per heavy atom. The summed E-state index contributed by atoms with van der Waals surface area (Å²) in [5.74, 6) is 0.883. The summed E-state index contributed by atoms with van der Waals surface area (Å²) in [6.07, 6.45) is 0.917. The van der Waals surface area contributed by atoms with E-state index in [1.165, 1.54) is 11.3 Å². The zero-order valence-corrected chi connectivity index (χ0v) is 20.6. The number of piperazine rings is 1. The number of amides is 2. The number of hydrogen-bond donors (Lipinski definition) is 1. The smallest absolute Gasteiger partial charge is 0.264 e. The van der Waals surface area contributed by atoms with Gasteiger partial charge in [-0.15, -0.1) is 11.3 Å². The summed E-state index contributed by atoms with van der Waals surface area (Å²) in [7, 11) is 0. The van der Waals surface area contributed by atoms with Crippen molar-refractivity contribution in [2.45, 2.75) is 20.3 Å². The van der Waals surface area contributed by atoms with E-state index in [1.54, 1.807) is 0 Å². The number of nitrogens with zero attached hydrogens (tertiary/aromatic N) is 2. The largest absolute Gasteiger partial charge is 0.494 e. The van der Waals surface area contributed by atoms with E-state index in [9.17, 15) is 9.59 Å². The van der Waals surface area contributed by atoms with Gasteiger partial charge in [0, 0.05) is 44.0 Å². The van der Waals surface area contributed by atoms with Gasteiger partial charge in [0.05, 0.1) is 11.5 Å². The van der Waals surface area contributed by atoms with Gasteiger partial charge in [0.15, 0.2) is 0 Å². The van der Waals surface area contributed by atoms with E-state index in [1.807, 2.05) is 78.7 Å². The first-order valence-corrected chi connectivity index (χ1v) is 12.7. The van der Waals surface area contributed by atoms with Crippen molar-refractivity contribution in [1.29, 1.82) is 0 Å². The Kier molecular flexibility index (Phi) is 7.85. The maximum atomic E-state index is 13.1. The Labute approximate surface area is 205 Å². The molecular weight excluding hydrogens is 446 g/mol. The molecule has 0 radical (unpaired) electrons. The quantitative estimate of drug-likeness (QED) is 0.501. The number of thiophene rings is 1. The van der Waals surface area contributed by atoms with E-state index in [-0.39, 0.29) is 11.8 Å². The lowest BCUT2D eigenvalue weighted by Gasteiger charge is -2.36. The molecule has 2 amide bonds. The summed E-state index contributed by atoms with van der Waals surface area (Å²) >= 11 is 1.49. The van der Waals surface area contributed by atoms with Crippen molar-refractivity contribution in [2.75, 3.05) is 44.2 Å². The normalized spacial score (nSPS) is 13.6. The van der Waals surface area contributed by atoms with Crippen LogP contribution in [0.3, 0.4) is 0 Å². The van der Waals surface area contributed by atoms with Crippen molar-refractivity contribution in [2.24, 2.45) is 0 Å². The van der Waals surface area contributed by atoms with Crippen LogP contribution >= 0.6 is 11.3 Å². The fourth-order valence-electron chi connectivity index (χ4n) is 4.02. The van der Waals surface area contributed by atoms with Gasteiger partial charge in [-0.3, -0.25) is 9.59 Å². The van der Waals surface area contributed by atoms with Crippen LogP contribution in [-0.2, 0) is 0 Å². The number of carbonyl (C=O) groups is 2. The molecule has 0 atom stereocenters. The summed E-state index contributed by atoms with van der Waals surface area (Å²) in [5.41, 5.74) is 3.84. The van der Waals surface area contributed by atoms with Crippen LogP contribution in [0.4, 0.5) is 5.69 Å². The number of hydrogen-bond acceptors (Lipinski definition) is 5. The predicted molar refractivity (Wildman–Crippen MR) is 138 cm³/mol. The van der Waals surface area contributed by atoms with E-state index in [0.717, 1.165) is 47.0 Å². The molecule has 0 unspecified atom stereocenters. The molecule has 1 aliphatic heterocycles. The maximum absolute atomic E-state index is 13.1. The van der Waals surface area contributed by atoms with Crippen LogP contribution in [0.2, 0.25) is 0 Å². The molecule has 6 nitrogen and oxygen atoms in total. The van der Waals surface area contributed by atoms with Gasteiger partial charge < -0.3 is 19.9 Å². The Hall–Kier alpha value is -3.32. The van der Waals surface area contributed by atoms with Crippen LogP contribution in [-0.4, -0.2) is 56.0 Å². The molecule has 3 aromatic rings. The number of carbonyl (C=O) groups excluding carboxylic acids is 2. The molecule has 0 aliphatic carbocycles. The molecule has 178 valence electrons. The van der Waals surface area contributed by atoms with E-state index in [0.29, 0.717) is 31.8 Å². The minimum absolute atomic E-state index is 0.0382. The van der Waals surface area contributed by atoms with E-state index in [2.05, 4.69) is 10.2 Å². The second kappa shape index (κ2) is 11.2. The van der Waals surface area contributed by atoms with E-state index < -0.39 is 0 Å². The SMILES string of the molecule is CCCNC(=O)c1ccc(N2CCN(C(=O)c3cc(-c4cccc(OCC)c4)cs3)CC2)cc1. The van der Waals surface area contributed by atoms with Crippen molar-refractivity contribution in [3.8, 4) is 16.9 Å². The molecule has 34 heavy (non-hydrogen) atoms. The fourth-order valence-corrected chi connectivity index (χ4v) is 4.90. The summed E-state index contributed by atoms with van der Waals surface area (Å²) in [6, 6.07) is 17.7. The maximum Gasteiger partial charge on any atom is 0.264 e.